The molecule has 2 atom stereocenters. The molecule has 1 rings (SSSR count). The Bertz CT molecular complexity index is 301. The van der Waals surface area contributed by atoms with Crippen molar-refractivity contribution < 1.29 is 14.7 Å². The average molecular weight is 241 g/mol. The first-order chi connectivity index (χ1) is 7.86. The highest BCUT2D eigenvalue weighted by atomic mass is 16.4. The van der Waals surface area contributed by atoms with Gasteiger partial charge in [-0.2, -0.15) is 0 Å². The molecule has 98 valence electrons. The van der Waals surface area contributed by atoms with Crippen molar-refractivity contribution in [3.05, 3.63) is 0 Å². The molecule has 2 N–H and O–H groups in total. The third-order valence-corrected chi connectivity index (χ3v) is 3.73. The topological polar surface area (TPSA) is 66.4 Å². The molecule has 4 nitrogen and oxygen atoms in total. The van der Waals surface area contributed by atoms with Gasteiger partial charge in [-0.1, -0.05) is 20.3 Å². The predicted octanol–water partition coefficient (Wildman–Crippen LogP) is 2.18. The highest BCUT2D eigenvalue weighted by Crippen LogP contribution is 2.38. The van der Waals surface area contributed by atoms with Gasteiger partial charge in [-0.05, 0) is 32.1 Å². The molecule has 1 aliphatic rings. The van der Waals surface area contributed by atoms with Gasteiger partial charge in [0.25, 0.3) is 0 Å². The van der Waals surface area contributed by atoms with Crippen molar-refractivity contribution >= 4 is 11.9 Å². The molecule has 0 aliphatic heterocycles. The summed E-state index contributed by atoms with van der Waals surface area (Å²) in [6.45, 7) is 5.88. The van der Waals surface area contributed by atoms with Crippen LogP contribution in [0.1, 0.15) is 52.9 Å². The molecular formula is C13H23NO3. The molecule has 0 aromatic heterocycles. The molecule has 2 unspecified atom stereocenters. The fourth-order valence-corrected chi connectivity index (χ4v) is 2.34. The molecule has 0 radical (unpaired) electrons. The molecule has 1 fully saturated rings. The van der Waals surface area contributed by atoms with Crippen molar-refractivity contribution in [2.45, 2.75) is 58.9 Å². The first-order valence-corrected chi connectivity index (χ1v) is 6.39. The van der Waals surface area contributed by atoms with E-state index in [9.17, 15) is 14.7 Å². The van der Waals surface area contributed by atoms with Gasteiger partial charge >= 0.3 is 5.97 Å². The molecule has 1 amide bonds. The van der Waals surface area contributed by atoms with Crippen molar-refractivity contribution in [2.75, 3.05) is 0 Å². The highest BCUT2D eigenvalue weighted by Gasteiger charge is 2.45. The molecule has 0 aromatic carbocycles. The summed E-state index contributed by atoms with van der Waals surface area (Å²) in [5.74, 6) is -0.322. The summed E-state index contributed by atoms with van der Waals surface area (Å²) >= 11 is 0. The molecular weight excluding hydrogens is 218 g/mol. The highest BCUT2D eigenvalue weighted by molar-refractivity contribution is 5.80. The number of hydrogen-bond donors (Lipinski definition) is 2. The fourth-order valence-electron chi connectivity index (χ4n) is 2.34. The Hall–Kier alpha value is -1.06. The number of nitrogens with one attached hydrogen (secondary N) is 1. The average Bonchev–Trinajstić information content (AvgIpc) is 2.59. The Labute approximate surface area is 103 Å². The summed E-state index contributed by atoms with van der Waals surface area (Å²) in [5.41, 5.74) is -0.784. The van der Waals surface area contributed by atoms with Crippen LogP contribution in [-0.4, -0.2) is 23.0 Å². The third kappa shape index (κ3) is 3.45. The van der Waals surface area contributed by atoms with Crippen LogP contribution in [0.2, 0.25) is 0 Å². The van der Waals surface area contributed by atoms with Gasteiger partial charge in [-0.3, -0.25) is 9.59 Å². The molecule has 0 saturated heterocycles. The minimum absolute atomic E-state index is 0.0157. The first-order valence-electron chi connectivity index (χ1n) is 6.39. The van der Waals surface area contributed by atoms with E-state index >= 15 is 0 Å². The Morgan fingerprint density at radius 3 is 2.65 bits per heavy atom. The standard InChI is InChI=1S/C13H23NO3/c1-9(2)6-7-11(15)14-10-5-4-8-13(10,3)12(16)17/h9-10H,4-8H2,1-3H3,(H,14,15)(H,16,17). The van der Waals surface area contributed by atoms with E-state index in [0.717, 1.165) is 19.3 Å². The van der Waals surface area contributed by atoms with Crippen LogP contribution in [0.5, 0.6) is 0 Å². The number of amides is 1. The molecule has 0 heterocycles. The maximum atomic E-state index is 11.7. The molecule has 1 aliphatic carbocycles. The third-order valence-electron chi connectivity index (χ3n) is 3.73. The predicted molar refractivity (Wildman–Crippen MR) is 65.6 cm³/mol. The van der Waals surface area contributed by atoms with E-state index in [1.54, 1.807) is 6.92 Å². The lowest BCUT2D eigenvalue weighted by Crippen LogP contribution is -2.47. The number of carbonyl (C=O) groups excluding carboxylic acids is 1. The Morgan fingerprint density at radius 2 is 2.12 bits per heavy atom. The van der Waals surface area contributed by atoms with Crippen molar-refractivity contribution in [1.29, 1.82) is 0 Å². The molecule has 4 heteroatoms. The number of aliphatic carboxylic acids is 1. The number of carboxylic acid groups (broad SMARTS) is 1. The zero-order valence-corrected chi connectivity index (χ0v) is 11.0. The van der Waals surface area contributed by atoms with E-state index in [1.807, 2.05) is 0 Å². The molecule has 0 spiro atoms. The largest absolute Gasteiger partial charge is 0.481 e. The quantitative estimate of drug-likeness (QED) is 0.775. The van der Waals surface area contributed by atoms with Gasteiger partial charge < -0.3 is 10.4 Å². The number of carbonyl (C=O) groups is 2. The van der Waals surface area contributed by atoms with Crippen LogP contribution in [0.3, 0.4) is 0 Å². The lowest BCUT2D eigenvalue weighted by Gasteiger charge is -2.27. The van der Waals surface area contributed by atoms with E-state index < -0.39 is 11.4 Å². The van der Waals surface area contributed by atoms with Crippen molar-refractivity contribution in [1.82, 2.24) is 5.32 Å². The van der Waals surface area contributed by atoms with E-state index in [1.165, 1.54) is 0 Å². The molecule has 0 aromatic rings. The summed E-state index contributed by atoms with van der Waals surface area (Å²) < 4.78 is 0. The maximum Gasteiger partial charge on any atom is 0.311 e. The van der Waals surface area contributed by atoms with E-state index in [2.05, 4.69) is 19.2 Å². The molecule has 0 bridgehead atoms. The summed E-state index contributed by atoms with van der Waals surface area (Å²) in [7, 11) is 0. The second kappa shape index (κ2) is 5.52. The van der Waals surface area contributed by atoms with Gasteiger partial charge in [0.1, 0.15) is 0 Å². The minimum atomic E-state index is -0.802. The zero-order chi connectivity index (χ0) is 13.1. The van der Waals surface area contributed by atoms with Crippen molar-refractivity contribution in [3.63, 3.8) is 0 Å². The summed E-state index contributed by atoms with van der Waals surface area (Å²) in [6, 6.07) is -0.209. The summed E-state index contributed by atoms with van der Waals surface area (Å²) in [5, 5.41) is 12.1. The summed E-state index contributed by atoms with van der Waals surface area (Å²) in [4.78, 5) is 22.9. The number of rotatable bonds is 5. The van der Waals surface area contributed by atoms with Gasteiger partial charge in [0, 0.05) is 12.5 Å². The van der Waals surface area contributed by atoms with Crippen LogP contribution in [0.15, 0.2) is 0 Å². The van der Waals surface area contributed by atoms with Crippen molar-refractivity contribution in [2.24, 2.45) is 11.3 Å². The van der Waals surface area contributed by atoms with Crippen LogP contribution in [0.25, 0.3) is 0 Å². The van der Waals surface area contributed by atoms with E-state index in [4.69, 9.17) is 0 Å². The van der Waals surface area contributed by atoms with Crippen LogP contribution >= 0.6 is 0 Å². The summed E-state index contributed by atoms with van der Waals surface area (Å²) in [6.07, 6.45) is 3.64. The molecule has 1 saturated carbocycles. The Morgan fingerprint density at radius 1 is 1.47 bits per heavy atom. The second-order valence-electron chi connectivity index (χ2n) is 5.67. The number of hydrogen-bond acceptors (Lipinski definition) is 2. The smallest absolute Gasteiger partial charge is 0.311 e. The van der Waals surface area contributed by atoms with Gasteiger partial charge in [-0.15, -0.1) is 0 Å². The normalized spacial score (nSPS) is 28.4. The maximum absolute atomic E-state index is 11.7. The van der Waals surface area contributed by atoms with Gasteiger partial charge in [0.2, 0.25) is 5.91 Å². The molecule has 17 heavy (non-hydrogen) atoms. The van der Waals surface area contributed by atoms with Crippen LogP contribution in [-0.2, 0) is 9.59 Å². The second-order valence-corrected chi connectivity index (χ2v) is 5.67. The number of carboxylic acids is 1. The van der Waals surface area contributed by atoms with E-state index in [-0.39, 0.29) is 11.9 Å². The van der Waals surface area contributed by atoms with Crippen LogP contribution in [0, 0.1) is 11.3 Å². The zero-order valence-electron chi connectivity index (χ0n) is 11.0. The first kappa shape index (κ1) is 14.0. The van der Waals surface area contributed by atoms with Crippen LogP contribution in [0.4, 0.5) is 0 Å². The van der Waals surface area contributed by atoms with Gasteiger partial charge in [-0.25, -0.2) is 0 Å². The lowest BCUT2D eigenvalue weighted by atomic mass is 9.85. The lowest BCUT2D eigenvalue weighted by molar-refractivity contribution is -0.149. The monoisotopic (exact) mass is 241 g/mol. The van der Waals surface area contributed by atoms with E-state index in [0.29, 0.717) is 18.8 Å². The van der Waals surface area contributed by atoms with Gasteiger partial charge in [0.15, 0.2) is 0 Å². The Balaban J connectivity index is 2.50. The minimum Gasteiger partial charge on any atom is -0.481 e. The van der Waals surface area contributed by atoms with Crippen LogP contribution < -0.4 is 5.32 Å². The Kier molecular flexibility index (Phi) is 4.54. The fraction of sp³-hybridized carbons (Fsp3) is 0.846. The van der Waals surface area contributed by atoms with Crippen molar-refractivity contribution in [3.8, 4) is 0 Å². The SMILES string of the molecule is CC(C)CCC(=O)NC1CCCC1(C)C(=O)O. The van der Waals surface area contributed by atoms with Gasteiger partial charge in [0.05, 0.1) is 5.41 Å².